The Hall–Kier alpha value is -3.63. The Morgan fingerprint density at radius 1 is 0.900 bits per heavy atom. The van der Waals surface area contributed by atoms with E-state index in [1.807, 2.05) is 72.8 Å². The molecular formula is C25H18ClNO3. The first-order chi connectivity index (χ1) is 14.7. The van der Waals surface area contributed by atoms with Crippen molar-refractivity contribution in [3.05, 3.63) is 113 Å². The first-order valence-corrected chi connectivity index (χ1v) is 9.71. The van der Waals surface area contributed by atoms with Crippen LogP contribution in [0.15, 0.2) is 96.0 Å². The minimum absolute atomic E-state index is 0.397. The van der Waals surface area contributed by atoms with Crippen LogP contribution in [0.1, 0.15) is 16.7 Å². The van der Waals surface area contributed by atoms with Crippen LogP contribution in [0, 0.1) is 0 Å². The van der Waals surface area contributed by atoms with Crippen molar-refractivity contribution in [1.82, 2.24) is 0 Å². The lowest BCUT2D eigenvalue weighted by atomic mass is 9.98. The number of carbonyl (C=O) groups is 1. The molecule has 0 bridgehead atoms. The number of para-hydroxylation sites is 1. The molecule has 30 heavy (non-hydrogen) atoms. The van der Waals surface area contributed by atoms with Gasteiger partial charge in [0.25, 0.3) is 0 Å². The third kappa shape index (κ3) is 4.04. The first-order valence-electron chi connectivity index (χ1n) is 9.34. The van der Waals surface area contributed by atoms with E-state index in [0.29, 0.717) is 22.2 Å². The van der Waals surface area contributed by atoms with E-state index >= 15 is 0 Å². The van der Waals surface area contributed by atoms with Crippen LogP contribution in [-0.2, 0) is 14.3 Å². The van der Waals surface area contributed by atoms with Gasteiger partial charge in [-0.2, -0.15) is 0 Å². The van der Waals surface area contributed by atoms with Crippen LogP contribution >= 0.6 is 11.6 Å². The van der Waals surface area contributed by atoms with E-state index < -0.39 is 5.97 Å². The minimum atomic E-state index is -0.451. The molecule has 0 aromatic heterocycles. The zero-order chi connectivity index (χ0) is 20.9. The zero-order valence-corrected chi connectivity index (χ0v) is 17.0. The minimum Gasteiger partial charge on any atom is -0.466 e. The third-order valence-electron chi connectivity index (χ3n) is 4.59. The summed E-state index contributed by atoms with van der Waals surface area (Å²) in [6.07, 6.45) is 3.07. The fraction of sp³-hybridized carbons (Fsp3) is 0.0400. The summed E-state index contributed by atoms with van der Waals surface area (Å²) in [6.45, 7) is 0. The number of benzene rings is 3. The van der Waals surface area contributed by atoms with Crippen molar-refractivity contribution >= 4 is 40.5 Å². The van der Waals surface area contributed by atoms with E-state index in [0.717, 1.165) is 22.4 Å². The van der Waals surface area contributed by atoms with E-state index in [2.05, 4.69) is 4.99 Å². The van der Waals surface area contributed by atoms with Crippen LogP contribution in [0.3, 0.4) is 0 Å². The average Bonchev–Trinajstić information content (AvgIpc) is 2.79. The van der Waals surface area contributed by atoms with Crippen LogP contribution in [0.25, 0.3) is 11.3 Å². The number of methoxy groups -OCH3 is 1. The summed E-state index contributed by atoms with van der Waals surface area (Å²) in [6, 6.07) is 24.8. The van der Waals surface area contributed by atoms with Gasteiger partial charge in [-0.1, -0.05) is 66.2 Å². The Labute approximate surface area is 179 Å². The molecule has 0 radical (unpaired) electrons. The van der Waals surface area contributed by atoms with Crippen molar-refractivity contribution in [2.45, 2.75) is 0 Å². The average molecular weight is 416 g/mol. The molecule has 4 nitrogen and oxygen atoms in total. The fourth-order valence-corrected chi connectivity index (χ4v) is 3.35. The molecule has 0 atom stereocenters. The van der Waals surface area contributed by atoms with Gasteiger partial charge in [0.2, 0.25) is 5.90 Å². The van der Waals surface area contributed by atoms with Crippen LogP contribution in [-0.4, -0.2) is 19.0 Å². The summed E-state index contributed by atoms with van der Waals surface area (Å²) < 4.78 is 11.1. The lowest BCUT2D eigenvalue weighted by Crippen LogP contribution is -2.12. The van der Waals surface area contributed by atoms with Gasteiger partial charge in [0.05, 0.1) is 23.4 Å². The summed E-state index contributed by atoms with van der Waals surface area (Å²) in [5, 5.41) is 0.543. The van der Waals surface area contributed by atoms with Gasteiger partial charge in [-0.3, -0.25) is 0 Å². The number of halogens is 1. The predicted octanol–water partition coefficient (Wildman–Crippen LogP) is 6.05. The molecule has 1 aliphatic heterocycles. The van der Waals surface area contributed by atoms with Gasteiger partial charge < -0.3 is 9.47 Å². The standard InChI is InChI=1S/C25H18ClNO3/c1-29-23(28)16-15-18(17-9-3-2-4-10-17)24-20-12-6-8-14-22(20)27-25(30-24)19-11-5-7-13-21(19)26/h2-16H,1H3/b16-15+,24-18-. The van der Waals surface area contributed by atoms with Gasteiger partial charge in [-0.25, -0.2) is 9.79 Å². The highest BCUT2D eigenvalue weighted by Gasteiger charge is 2.24. The summed E-state index contributed by atoms with van der Waals surface area (Å²) in [7, 11) is 1.34. The third-order valence-corrected chi connectivity index (χ3v) is 4.92. The molecule has 1 heterocycles. The van der Waals surface area contributed by atoms with E-state index in [1.54, 1.807) is 12.1 Å². The van der Waals surface area contributed by atoms with Gasteiger partial charge >= 0.3 is 5.97 Å². The molecule has 0 unspecified atom stereocenters. The van der Waals surface area contributed by atoms with Crippen LogP contribution in [0.5, 0.6) is 0 Å². The van der Waals surface area contributed by atoms with Gasteiger partial charge in [0.15, 0.2) is 0 Å². The number of carbonyl (C=O) groups excluding carboxylic acids is 1. The maximum atomic E-state index is 11.8. The van der Waals surface area contributed by atoms with Gasteiger partial charge in [0, 0.05) is 17.2 Å². The molecular weight excluding hydrogens is 398 g/mol. The molecule has 0 saturated heterocycles. The smallest absolute Gasteiger partial charge is 0.330 e. The zero-order valence-electron chi connectivity index (χ0n) is 16.2. The number of aliphatic imine (C=N–C) groups is 1. The number of rotatable bonds is 4. The maximum absolute atomic E-state index is 11.8. The van der Waals surface area contributed by atoms with Gasteiger partial charge in [-0.15, -0.1) is 0 Å². The van der Waals surface area contributed by atoms with Crippen molar-refractivity contribution < 1.29 is 14.3 Å². The second-order valence-corrected chi connectivity index (χ2v) is 6.89. The summed E-state index contributed by atoms with van der Waals surface area (Å²) in [5.41, 5.74) is 3.89. The lowest BCUT2D eigenvalue weighted by molar-refractivity contribution is -0.134. The molecule has 0 spiro atoms. The Bertz CT molecular complexity index is 1180. The fourth-order valence-electron chi connectivity index (χ4n) is 3.14. The Morgan fingerprint density at radius 3 is 2.30 bits per heavy atom. The Balaban J connectivity index is 1.94. The molecule has 0 fully saturated rings. The topological polar surface area (TPSA) is 47.9 Å². The number of fused-ring (bicyclic) bond motifs is 1. The largest absolute Gasteiger partial charge is 0.466 e. The Kier molecular flexibility index (Phi) is 5.77. The molecule has 3 aromatic rings. The number of hydrogen-bond donors (Lipinski definition) is 0. The molecule has 3 aromatic carbocycles. The van der Waals surface area contributed by atoms with Crippen molar-refractivity contribution in [2.75, 3.05) is 7.11 Å². The van der Waals surface area contributed by atoms with E-state index in [1.165, 1.54) is 13.2 Å². The molecule has 0 N–H and O–H groups in total. The molecule has 0 saturated carbocycles. The van der Waals surface area contributed by atoms with Crippen molar-refractivity contribution in [3.8, 4) is 0 Å². The molecule has 4 rings (SSSR count). The molecule has 1 aliphatic rings. The number of nitrogens with zero attached hydrogens (tertiary/aromatic N) is 1. The van der Waals surface area contributed by atoms with Crippen molar-refractivity contribution in [2.24, 2.45) is 4.99 Å². The summed E-state index contributed by atoms with van der Waals surface area (Å²) in [5.74, 6) is 0.532. The molecule has 5 heteroatoms. The van der Waals surface area contributed by atoms with Gasteiger partial charge in [0.1, 0.15) is 5.76 Å². The normalized spacial score (nSPS) is 14.5. The Morgan fingerprint density at radius 2 is 1.57 bits per heavy atom. The predicted molar refractivity (Wildman–Crippen MR) is 120 cm³/mol. The SMILES string of the molecule is COC(=O)/C=C/C(=C1/OC(c2ccccc2Cl)=Nc2ccccc21)c1ccccc1. The monoisotopic (exact) mass is 415 g/mol. The van der Waals surface area contributed by atoms with Gasteiger partial charge in [-0.05, 0) is 35.9 Å². The number of hydrogen-bond acceptors (Lipinski definition) is 4. The van der Waals surface area contributed by atoms with Crippen LogP contribution < -0.4 is 0 Å². The highest BCUT2D eigenvalue weighted by atomic mass is 35.5. The number of ether oxygens (including phenoxy) is 2. The number of esters is 1. The molecule has 0 aliphatic carbocycles. The van der Waals surface area contributed by atoms with Crippen molar-refractivity contribution in [1.29, 1.82) is 0 Å². The highest BCUT2D eigenvalue weighted by Crippen LogP contribution is 2.39. The summed E-state index contributed by atoms with van der Waals surface area (Å²) >= 11 is 6.40. The van der Waals surface area contributed by atoms with E-state index in [-0.39, 0.29) is 0 Å². The van der Waals surface area contributed by atoms with Crippen LogP contribution in [0.2, 0.25) is 5.02 Å². The number of allylic oxidation sites excluding steroid dienone is 2. The quantitative estimate of drug-likeness (QED) is 0.385. The van der Waals surface area contributed by atoms with E-state index in [4.69, 9.17) is 21.1 Å². The lowest BCUT2D eigenvalue weighted by Gasteiger charge is -2.22. The van der Waals surface area contributed by atoms with Crippen LogP contribution in [0.4, 0.5) is 5.69 Å². The van der Waals surface area contributed by atoms with Crippen molar-refractivity contribution in [3.63, 3.8) is 0 Å². The second-order valence-electron chi connectivity index (χ2n) is 6.48. The highest BCUT2D eigenvalue weighted by molar-refractivity contribution is 6.34. The molecule has 0 amide bonds. The second kappa shape index (κ2) is 8.80. The molecule has 148 valence electrons. The maximum Gasteiger partial charge on any atom is 0.330 e. The van der Waals surface area contributed by atoms with E-state index in [9.17, 15) is 4.79 Å². The first kappa shape index (κ1) is 19.7. The summed E-state index contributed by atoms with van der Waals surface area (Å²) in [4.78, 5) is 16.5.